The number of halogens is 1. The molecule has 1 aromatic carbocycles. The number of carbonyl (C=O) groups is 2. The Kier molecular flexibility index (Phi) is 7.22. The molecule has 1 rings (SSSR count). The molecule has 0 spiro atoms. The fraction of sp³-hybridized carbons (Fsp3) is 0.467. The first-order valence-corrected chi connectivity index (χ1v) is 7.81. The van der Waals surface area contributed by atoms with Crippen molar-refractivity contribution in [3.63, 3.8) is 0 Å². The number of benzene rings is 1. The lowest BCUT2D eigenvalue weighted by Crippen LogP contribution is -2.31. The molecule has 21 heavy (non-hydrogen) atoms. The molecule has 4 nitrogen and oxygen atoms in total. The summed E-state index contributed by atoms with van der Waals surface area (Å²) >= 11 is 1.02. The molecular formula is C15H20FNO3S. The van der Waals surface area contributed by atoms with E-state index in [1.807, 2.05) is 0 Å². The van der Waals surface area contributed by atoms with Crippen molar-refractivity contribution in [1.82, 2.24) is 5.32 Å². The Morgan fingerprint density at radius 2 is 2.10 bits per heavy atom. The number of thioether (sulfide) groups is 1. The molecule has 0 saturated carbocycles. The monoisotopic (exact) mass is 313 g/mol. The zero-order valence-corrected chi connectivity index (χ0v) is 13.0. The van der Waals surface area contributed by atoms with E-state index >= 15 is 0 Å². The predicted molar refractivity (Wildman–Crippen MR) is 81.2 cm³/mol. The molecule has 0 aliphatic carbocycles. The van der Waals surface area contributed by atoms with E-state index in [1.165, 1.54) is 12.1 Å². The highest BCUT2D eigenvalue weighted by molar-refractivity contribution is 8.00. The molecule has 0 fully saturated rings. The Balaban J connectivity index is 2.61. The van der Waals surface area contributed by atoms with Gasteiger partial charge in [0.15, 0.2) is 0 Å². The van der Waals surface area contributed by atoms with E-state index in [-0.39, 0.29) is 16.4 Å². The molecule has 2 N–H and O–H groups in total. The van der Waals surface area contributed by atoms with E-state index in [0.29, 0.717) is 6.54 Å². The van der Waals surface area contributed by atoms with E-state index in [4.69, 9.17) is 5.11 Å². The van der Waals surface area contributed by atoms with Crippen LogP contribution in [0.25, 0.3) is 0 Å². The predicted octanol–water partition coefficient (Wildman–Crippen LogP) is 3.31. The number of carboxylic acid groups (broad SMARTS) is 1. The van der Waals surface area contributed by atoms with Gasteiger partial charge in [-0.15, -0.1) is 11.8 Å². The molecule has 0 aliphatic heterocycles. The summed E-state index contributed by atoms with van der Waals surface area (Å²) in [5, 5.41) is 11.2. The maximum absolute atomic E-state index is 13.7. The van der Waals surface area contributed by atoms with Gasteiger partial charge in [0.2, 0.25) is 5.91 Å². The number of rotatable bonds is 8. The van der Waals surface area contributed by atoms with Crippen LogP contribution in [0.5, 0.6) is 0 Å². The summed E-state index contributed by atoms with van der Waals surface area (Å²) in [4.78, 5) is 22.9. The van der Waals surface area contributed by atoms with Gasteiger partial charge in [-0.25, -0.2) is 9.18 Å². The first kappa shape index (κ1) is 17.5. The maximum atomic E-state index is 13.7. The van der Waals surface area contributed by atoms with E-state index < -0.39 is 17.0 Å². The summed E-state index contributed by atoms with van der Waals surface area (Å²) in [5.41, 5.74) is 0.00875. The van der Waals surface area contributed by atoms with Gasteiger partial charge in [-0.3, -0.25) is 4.79 Å². The molecule has 0 aliphatic rings. The topological polar surface area (TPSA) is 66.4 Å². The third kappa shape index (κ3) is 5.75. The number of unbranched alkanes of at least 4 members (excludes halogenated alkanes) is 2. The van der Waals surface area contributed by atoms with Crippen LogP contribution < -0.4 is 5.32 Å². The normalized spacial score (nSPS) is 12.0. The van der Waals surface area contributed by atoms with Crippen LogP contribution >= 0.6 is 11.8 Å². The summed E-state index contributed by atoms with van der Waals surface area (Å²) in [5.74, 6) is -1.81. The molecule has 1 aromatic rings. The van der Waals surface area contributed by atoms with Crippen LogP contribution in [0.4, 0.5) is 4.39 Å². The number of aromatic carboxylic acids is 1. The number of nitrogens with one attached hydrogen (secondary N) is 1. The summed E-state index contributed by atoms with van der Waals surface area (Å²) in [6.45, 7) is 4.36. The van der Waals surface area contributed by atoms with Gasteiger partial charge in [0.25, 0.3) is 0 Å². The van der Waals surface area contributed by atoms with Gasteiger partial charge in [-0.2, -0.15) is 0 Å². The second-order valence-electron chi connectivity index (χ2n) is 4.71. The van der Waals surface area contributed by atoms with Gasteiger partial charge in [-0.1, -0.05) is 19.8 Å². The van der Waals surface area contributed by atoms with Crippen LogP contribution in [0.3, 0.4) is 0 Å². The highest BCUT2D eigenvalue weighted by atomic mass is 32.2. The number of hydrogen-bond acceptors (Lipinski definition) is 3. The second-order valence-corrected chi connectivity index (χ2v) is 6.09. The summed E-state index contributed by atoms with van der Waals surface area (Å²) in [6.07, 6.45) is 3.05. The van der Waals surface area contributed by atoms with Crippen molar-refractivity contribution < 1.29 is 19.1 Å². The average Bonchev–Trinajstić information content (AvgIpc) is 2.45. The highest BCUT2D eigenvalue weighted by Gasteiger charge is 2.17. The minimum Gasteiger partial charge on any atom is -0.478 e. The van der Waals surface area contributed by atoms with Gasteiger partial charge >= 0.3 is 5.97 Å². The molecule has 0 bridgehead atoms. The fourth-order valence-corrected chi connectivity index (χ4v) is 2.65. The highest BCUT2D eigenvalue weighted by Crippen LogP contribution is 2.27. The van der Waals surface area contributed by atoms with Crippen molar-refractivity contribution >= 4 is 23.6 Å². The minimum atomic E-state index is -1.12. The molecule has 1 atom stereocenters. The lowest BCUT2D eigenvalue weighted by atomic mass is 10.2. The van der Waals surface area contributed by atoms with Crippen LogP contribution in [0.1, 0.15) is 43.5 Å². The lowest BCUT2D eigenvalue weighted by Gasteiger charge is -2.12. The average molecular weight is 313 g/mol. The first-order chi connectivity index (χ1) is 9.95. The lowest BCUT2D eigenvalue weighted by molar-refractivity contribution is -0.120. The van der Waals surface area contributed by atoms with Crippen LogP contribution in [0, 0.1) is 5.82 Å². The van der Waals surface area contributed by atoms with Crippen LogP contribution in [-0.4, -0.2) is 28.8 Å². The molecular weight excluding hydrogens is 293 g/mol. The quantitative estimate of drug-likeness (QED) is 0.571. The van der Waals surface area contributed by atoms with Crippen LogP contribution in [0.15, 0.2) is 23.1 Å². The third-order valence-electron chi connectivity index (χ3n) is 2.93. The molecule has 0 saturated heterocycles. The number of carbonyl (C=O) groups excluding carboxylic acids is 1. The van der Waals surface area contributed by atoms with Gasteiger partial charge in [-0.05, 0) is 31.5 Å². The molecule has 0 radical (unpaired) electrons. The van der Waals surface area contributed by atoms with Crippen LogP contribution in [0.2, 0.25) is 0 Å². The standard InChI is InChI=1S/C15H20FNO3S/c1-3-4-5-8-17-14(18)10(2)21-13-9-11(15(19)20)6-7-12(13)16/h6-7,9-10H,3-5,8H2,1-2H3,(H,17,18)(H,19,20). The van der Waals surface area contributed by atoms with Crippen molar-refractivity contribution in [3.8, 4) is 0 Å². The summed E-state index contributed by atoms with van der Waals surface area (Å²) in [6, 6.07) is 3.57. The maximum Gasteiger partial charge on any atom is 0.335 e. The smallest absolute Gasteiger partial charge is 0.335 e. The van der Waals surface area contributed by atoms with Crippen molar-refractivity contribution in [2.45, 2.75) is 43.3 Å². The van der Waals surface area contributed by atoms with Gasteiger partial charge in [0, 0.05) is 11.4 Å². The molecule has 6 heteroatoms. The van der Waals surface area contributed by atoms with E-state index in [1.54, 1.807) is 6.92 Å². The van der Waals surface area contributed by atoms with E-state index in [0.717, 1.165) is 37.1 Å². The third-order valence-corrected chi connectivity index (χ3v) is 4.07. The van der Waals surface area contributed by atoms with Crippen molar-refractivity contribution in [3.05, 3.63) is 29.6 Å². The number of amides is 1. The second kappa shape index (κ2) is 8.67. The molecule has 116 valence electrons. The zero-order valence-electron chi connectivity index (χ0n) is 12.2. The van der Waals surface area contributed by atoms with Gasteiger partial charge < -0.3 is 10.4 Å². The zero-order chi connectivity index (χ0) is 15.8. The number of hydrogen-bond donors (Lipinski definition) is 2. The Labute approximate surface area is 128 Å². The Hall–Kier alpha value is -1.56. The Morgan fingerprint density at radius 3 is 2.71 bits per heavy atom. The summed E-state index contributed by atoms with van der Waals surface area (Å²) in [7, 11) is 0. The van der Waals surface area contributed by atoms with Crippen molar-refractivity contribution in [2.75, 3.05) is 6.54 Å². The van der Waals surface area contributed by atoms with Crippen LogP contribution in [-0.2, 0) is 4.79 Å². The van der Waals surface area contributed by atoms with E-state index in [9.17, 15) is 14.0 Å². The Morgan fingerprint density at radius 1 is 1.38 bits per heavy atom. The molecule has 0 heterocycles. The summed E-state index contributed by atoms with van der Waals surface area (Å²) < 4.78 is 13.7. The fourth-order valence-electron chi connectivity index (χ4n) is 1.70. The van der Waals surface area contributed by atoms with Gasteiger partial charge in [0.1, 0.15) is 5.82 Å². The number of carboxylic acids is 1. The largest absolute Gasteiger partial charge is 0.478 e. The van der Waals surface area contributed by atoms with Crippen molar-refractivity contribution in [2.24, 2.45) is 0 Å². The van der Waals surface area contributed by atoms with Crippen molar-refractivity contribution in [1.29, 1.82) is 0 Å². The Bertz CT molecular complexity index is 508. The molecule has 1 amide bonds. The molecule has 1 unspecified atom stereocenters. The minimum absolute atomic E-state index is 0.00875. The molecule has 0 aromatic heterocycles. The SMILES string of the molecule is CCCCCNC(=O)C(C)Sc1cc(C(=O)O)ccc1F. The first-order valence-electron chi connectivity index (χ1n) is 6.93. The van der Waals surface area contributed by atoms with Gasteiger partial charge in [0.05, 0.1) is 10.8 Å². The van der Waals surface area contributed by atoms with E-state index in [2.05, 4.69) is 12.2 Å².